The number of aromatic nitrogens is 3. The Kier molecular flexibility index (Phi) is 3.82. The van der Waals surface area contributed by atoms with E-state index in [4.69, 9.17) is 22.1 Å². The zero-order chi connectivity index (χ0) is 14.9. The van der Waals surface area contributed by atoms with Gasteiger partial charge in [0, 0.05) is 24.7 Å². The smallest absolute Gasteiger partial charge is 0.203 e. The minimum Gasteiger partial charge on any atom is -0.379 e. The lowest BCUT2D eigenvalue weighted by molar-refractivity contribution is 0.0209. The molecule has 0 spiro atoms. The van der Waals surface area contributed by atoms with Gasteiger partial charge < -0.3 is 4.74 Å². The maximum atomic E-state index is 5.72. The van der Waals surface area contributed by atoms with Crippen molar-refractivity contribution >= 4 is 12.2 Å². The number of benzene rings is 1. The molecule has 2 aliphatic rings. The molecule has 0 atom stereocenters. The number of nitrogens with zero attached hydrogens (tertiary/aromatic N) is 4. The van der Waals surface area contributed by atoms with Gasteiger partial charge in [-0.3, -0.25) is 9.47 Å². The van der Waals surface area contributed by atoms with Crippen molar-refractivity contribution in [3.05, 3.63) is 40.9 Å². The molecule has 1 aromatic carbocycles. The summed E-state index contributed by atoms with van der Waals surface area (Å²) in [7, 11) is 0. The molecule has 1 aliphatic carbocycles. The molecule has 0 radical (unpaired) electrons. The van der Waals surface area contributed by atoms with Crippen LogP contribution in [0.4, 0.5) is 0 Å². The van der Waals surface area contributed by atoms with Gasteiger partial charge in [0.15, 0.2) is 0 Å². The van der Waals surface area contributed by atoms with Gasteiger partial charge in [-0.2, -0.15) is 5.10 Å². The van der Waals surface area contributed by atoms with Crippen LogP contribution in [0.1, 0.15) is 24.6 Å². The van der Waals surface area contributed by atoms with Crippen LogP contribution in [0.3, 0.4) is 0 Å². The summed E-state index contributed by atoms with van der Waals surface area (Å²) in [4.78, 5) is 2.35. The summed E-state index contributed by atoms with van der Waals surface area (Å²) >= 11 is 5.72. The summed E-state index contributed by atoms with van der Waals surface area (Å²) in [6, 6.07) is 10.3. The minimum atomic E-state index is 0.563. The Morgan fingerprint density at radius 1 is 1.14 bits per heavy atom. The van der Waals surface area contributed by atoms with Crippen molar-refractivity contribution in [3.63, 3.8) is 0 Å². The summed E-state index contributed by atoms with van der Waals surface area (Å²) in [6.07, 6.45) is 2.44. The molecule has 116 valence electrons. The van der Waals surface area contributed by atoms with E-state index in [1.165, 1.54) is 12.8 Å². The van der Waals surface area contributed by atoms with E-state index in [9.17, 15) is 0 Å². The van der Waals surface area contributed by atoms with Gasteiger partial charge in [-0.15, -0.1) is 0 Å². The van der Waals surface area contributed by atoms with Gasteiger partial charge in [-0.1, -0.05) is 18.2 Å². The fourth-order valence-corrected chi connectivity index (χ4v) is 3.17. The summed E-state index contributed by atoms with van der Waals surface area (Å²) in [5.41, 5.74) is 1.11. The Balaban J connectivity index is 1.69. The van der Waals surface area contributed by atoms with E-state index in [0.29, 0.717) is 5.92 Å². The highest BCUT2D eigenvalue weighted by atomic mass is 32.1. The highest BCUT2D eigenvalue weighted by Crippen LogP contribution is 2.40. The van der Waals surface area contributed by atoms with Crippen molar-refractivity contribution in [1.82, 2.24) is 19.2 Å². The van der Waals surface area contributed by atoms with Gasteiger partial charge in [-0.25, -0.2) is 4.68 Å². The number of rotatable bonds is 4. The van der Waals surface area contributed by atoms with Crippen molar-refractivity contribution in [2.75, 3.05) is 26.3 Å². The van der Waals surface area contributed by atoms with Crippen LogP contribution in [-0.2, 0) is 11.4 Å². The Labute approximate surface area is 135 Å². The first-order valence-corrected chi connectivity index (χ1v) is 8.29. The third-order valence-electron chi connectivity index (χ3n) is 4.26. The molecule has 0 unspecified atom stereocenters. The predicted molar refractivity (Wildman–Crippen MR) is 86.8 cm³/mol. The molecule has 1 saturated heterocycles. The Morgan fingerprint density at radius 2 is 1.86 bits per heavy atom. The zero-order valence-corrected chi connectivity index (χ0v) is 13.3. The van der Waals surface area contributed by atoms with Crippen LogP contribution >= 0.6 is 12.2 Å². The van der Waals surface area contributed by atoms with E-state index in [0.717, 1.165) is 49.3 Å². The lowest BCUT2D eigenvalue weighted by atomic mass is 10.3. The van der Waals surface area contributed by atoms with Crippen molar-refractivity contribution in [1.29, 1.82) is 0 Å². The first-order valence-electron chi connectivity index (χ1n) is 7.88. The van der Waals surface area contributed by atoms with Crippen LogP contribution in [0.5, 0.6) is 0 Å². The molecule has 4 rings (SSSR count). The molecule has 1 aliphatic heterocycles. The summed E-state index contributed by atoms with van der Waals surface area (Å²) in [5, 5.41) is 4.84. The van der Waals surface area contributed by atoms with Crippen LogP contribution in [-0.4, -0.2) is 45.6 Å². The highest BCUT2D eigenvalue weighted by Gasteiger charge is 2.30. The molecular weight excluding hydrogens is 296 g/mol. The molecule has 2 heterocycles. The largest absolute Gasteiger partial charge is 0.379 e. The number of ether oxygens (including phenoxy) is 1. The Bertz CT molecular complexity index is 699. The van der Waals surface area contributed by atoms with Gasteiger partial charge in [0.25, 0.3) is 0 Å². The molecule has 0 bridgehead atoms. The monoisotopic (exact) mass is 316 g/mol. The van der Waals surface area contributed by atoms with Crippen LogP contribution in [0.2, 0.25) is 0 Å². The second-order valence-corrected chi connectivity index (χ2v) is 6.32. The van der Waals surface area contributed by atoms with Crippen LogP contribution in [0.15, 0.2) is 30.3 Å². The average molecular weight is 316 g/mol. The van der Waals surface area contributed by atoms with Crippen molar-refractivity contribution in [2.24, 2.45) is 0 Å². The molecule has 2 aromatic rings. The second-order valence-electron chi connectivity index (χ2n) is 5.96. The lowest BCUT2D eigenvalue weighted by Crippen LogP contribution is -2.37. The van der Waals surface area contributed by atoms with Crippen LogP contribution < -0.4 is 0 Å². The van der Waals surface area contributed by atoms with Gasteiger partial charge in [0.2, 0.25) is 4.77 Å². The van der Waals surface area contributed by atoms with Crippen LogP contribution in [0, 0.1) is 4.77 Å². The molecule has 1 saturated carbocycles. The van der Waals surface area contributed by atoms with Gasteiger partial charge in [0.1, 0.15) is 5.82 Å². The molecule has 0 amide bonds. The number of para-hydroxylation sites is 1. The number of hydrogen-bond donors (Lipinski definition) is 0. The van der Waals surface area contributed by atoms with Gasteiger partial charge in [-0.05, 0) is 37.2 Å². The molecule has 5 nitrogen and oxygen atoms in total. The quantitative estimate of drug-likeness (QED) is 0.812. The van der Waals surface area contributed by atoms with Gasteiger partial charge in [0.05, 0.1) is 19.9 Å². The zero-order valence-electron chi connectivity index (χ0n) is 12.5. The van der Waals surface area contributed by atoms with E-state index in [1.54, 1.807) is 0 Å². The van der Waals surface area contributed by atoms with E-state index < -0.39 is 0 Å². The topological polar surface area (TPSA) is 35.2 Å². The molecule has 6 heteroatoms. The Morgan fingerprint density at radius 3 is 2.55 bits per heavy atom. The highest BCUT2D eigenvalue weighted by molar-refractivity contribution is 7.71. The maximum Gasteiger partial charge on any atom is 0.203 e. The third-order valence-corrected chi connectivity index (χ3v) is 4.65. The SMILES string of the molecule is S=c1n(CN2CCOCC2)nc(C2CC2)n1-c1ccccc1. The normalized spacial score (nSPS) is 19.5. The molecule has 22 heavy (non-hydrogen) atoms. The summed E-state index contributed by atoms with van der Waals surface area (Å²) < 4.78 is 10.3. The fraction of sp³-hybridized carbons (Fsp3) is 0.500. The number of morpholine rings is 1. The maximum absolute atomic E-state index is 5.72. The Hall–Kier alpha value is -1.50. The minimum absolute atomic E-state index is 0.563. The van der Waals surface area contributed by atoms with E-state index in [2.05, 4.69) is 21.6 Å². The van der Waals surface area contributed by atoms with Crippen molar-refractivity contribution in [3.8, 4) is 5.69 Å². The second kappa shape index (κ2) is 5.95. The fourth-order valence-electron chi connectivity index (χ4n) is 2.87. The standard InChI is InChI=1S/C16H20N4OS/c22-16-19(12-18-8-10-21-11-9-18)17-15(13-6-7-13)20(16)14-4-2-1-3-5-14/h1-5,13H,6-12H2. The van der Waals surface area contributed by atoms with E-state index >= 15 is 0 Å². The van der Waals surface area contributed by atoms with Crippen molar-refractivity contribution < 1.29 is 4.74 Å². The van der Waals surface area contributed by atoms with Crippen molar-refractivity contribution in [2.45, 2.75) is 25.4 Å². The third kappa shape index (κ3) is 2.74. The van der Waals surface area contributed by atoms with E-state index in [-0.39, 0.29) is 0 Å². The summed E-state index contributed by atoms with van der Waals surface area (Å²) in [6.45, 7) is 4.23. The van der Waals surface area contributed by atoms with Crippen LogP contribution in [0.25, 0.3) is 5.69 Å². The molecule has 0 N–H and O–H groups in total. The molecule has 1 aromatic heterocycles. The first-order chi connectivity index (χ1) is 10.8. The summed E-state index contributed by atoms with van der Waals surface area (Å²) in [5.74, 6) is 1.68. The molecular formula is C16H20N4OS. The lowest BCUT2D eigenvalue weighted by Gasteiger charge is -2.26. The molecule has 2 fully saturated rings. The first kappa shape index (κ1) is 14.1. The van der Waals surface area contributed by atoms with Gasteiger partial charge >= 0.3 is 0 Å². The predicted octanol–water partition coefficient (Wildman–Crippen LogP) is 2.57. The van der Waals surface area contributed by atoms with E-state index in [1.807, 2.05) is 22.9 Å². The average Bonchev–Trinajstić information content (AvgIpc) is 3.35. The number of hydrogen-bond acceptors (Lipinski definition) is 4.